The second-order valence-corrected chi connectivity index (χ2v) is 4.12. The first kappa shape index (κ1) is 9.29. The Kier molecular flexibility index (Phi) is 3.62. The van der Waals surface area contributed by atoms with Crippen LogP contribution in [0.3, 0.4) is 0 Å². The van der Waals surface area contributed by atoms with Crippen LogP contribution in [0.15, 0.2) is 0 Å². The van der Waals surface area contributed by atoms with Crippen LogP contribution in [-0.4, -0.2) is 10.1 Å². The van der Waals surface area contributed by atoms with Gasteiger partial charge in [-0.05, 0) is 31.6 Å². The average Bonchev–Trinajstić information content (AvgIpc) is 1.93. The number of halogens is 1. The lowest BCUT2D eigenvalue weighted by molar-refractivity contribution is 0.0884. The fourth-order valence-electron chi connectivity index (χ4n) is 1.48. The summed E-state index contributed by atoms with van der Waals surface area (Å²) in [6, 6.07) is 0. The number of hydrogen-bond donors (Lipinski definition) is 0. The van der Waals surface area contributed by atoms with Gasteiger partial charge in [0.05, 0.1) is 22.6 Å². The van der Waals surface area contributed by atoms with E-state index >= 15 is 0 Å². The molecule has 0 atom stereocenters. The highest BCUT2D eigenvalue weighted by atomic mass is 127. The van der Waals surface area contributed by atoms with E-state index in [1.165, 1.54) is 12.8 Å². The van der Waals surface area contributed by atoms with Crippen molar-refractivity contribution in [1.82, 2.24) is 0 Å². The van der Waals surface area contributed by atoms with Gasteiger partial charge in [-0.1, -0.05) is 6.92 Å². The van der Waals surface area contributed by atoms with Gasteiger partial charge in [-0.3, -0.25) is 0 Å². The summed E-state index contributed by atoms with van der Waals surface area (Å²) in [6.07, 6.45) is 4.71. The predicted octanol–water partition coefficient (Wildman–Crippen LogP) is 3.14. The van der Waals surface area contributed by atoms with Crippen LogP contribution >= 0.6 is 22.6 Å². The van der Waals surface area contributed by atoms with Crippen molar-refractivity contribution < 1.29 is 9.53 Å². The lowest BCUT2D eigenvalue weighted by Crippen LogP contribution is -2.20. The fraction of sp³-hybridized carbons (Fsp3) is 0.875. The van der Waals surface area contributed by atoms with Crippen LogP contribution in [0.5, 0.6) is 0 Å². The van der Waals surface area contributed by atoms with E-state index in [1.807, 2.05) is 0 Å². The van der Waals surface area contributed by atoms with Gasteiger partial charge in [0.1, 0.15) is 6.10 Å². The molecule has 0 spiro atoms. The average molecular weight is 268 g/mol. The van der Waals surface area contributed by atoms with Crippen molar-refractivity contribution >= 4 is 26.6 Å². The summed E-state index contributed by atoms with van der Waals surface area (Å²) in [5, 5.41) is 0. The zero-order valence-electron chi connectivity index (χ0n) is 6.68. The third-order valence-corrected chi connectivity index (χ3v) is 2.48. The van der Waals surface area contributed by atoms with E-state index in [1.54, 1.807) is 22.6 Å². The molecule has 0 aromatic carbocycles. The topological polar surface area (TPSA) is 26.3 Å². The minimum Gasteiger partial charge on any atom is -0.455 e. The molecule has 0 N–H and O–H groups in total. The minimum atomic E-state index is -0.165. The molecule has 2 nitrogen and oxygen atoms in total. The first-order chi connectivity index (χ1) is 5.18. The molecule has 11 heavy (non-hydrogen) atoms. The largest absolute Gasteiger partial charge is 0.455 e. The molecule has 0 saturated heterocycles. The molecule has 3 heteroatoms. The lowest BCUT2D eigenvalue weighted by Gasteiger charge is -2.24. The highest BCUT2D eigenvalue weighted by Crippen LogP contribution is 2.25. The predicted molar refractivity (Wildman–Crippen MR) is 51.9 cm³/mol. The Hall–Kier alpha value is 0.200. The standard InChI is InChI=1S/C8H13IO2/c1-6-2-4-7(5-3-6)11-8(9)10/h6-7H,2-5H2,1H3. The molecule has 1 saturated carbocycles. The van der Waals surface area contributed by atoms with Gasteiger partial charge in [0.15, 0.2) is 0 Å². The maximum atomic E-state index is 10.6. The first-order valence-corrected chi connectivity index (χ1v) is 5.12. The molecule has 0 heterocycles. The van der Waals surface area contributed by atoms with E-state index in [-0.39, 0.29) is 10.1 Å². The van der Waals surface area contributed by atoms with Crippen LogP contribution in [0.4, 0.5) is 4.79 Å². The van der Waals surface area contributed by atoms with E-state index in [2.05, 4.69) is 6.92 Å². The molecule has 1 aliphatic rings. The van der Waals surface area contributed by atoms with Crippen LogP contribution < -0.4 is 0 Å². The van der Waals surface area contributed by atoms with Crippen molar-refractivity contribution in [3.63, 3.8) is 0 Å². The summed E-state index contributed by atoms with van der Waals surface area (Å²) < 4.78 is 4.92. The van der Waals surface area contributed by atoms with Crippen molar-refractivity contribution in [1.29, 1.82) is 0 Å². The second-order valence-electron chi connectivity index (χ2n) is 3.24. The van der Waals surface area contributed by atoms with Gasteiger partial charge in [0.2, 0.25) is 0 Å². The lowest BCUT2D eigenvalue weighted by atomic mass is 9.89. The maximum Gasteiger partial charge on any atom is 0.367 e. The van der Waals surface area contributed by atoms with E-state index in [0.29, 0.717) is 0 Å². The number of carbonyl (C=O) groups excluding carboxylic acids is 1. The van der Waals surface area contributed by atoms with E-state index in [0.717, 1.165) is 18.8 Å². The van der Waals surface area contributed by atoms with Crippen molar-refractivity contribution in [2.24, 2.45) is 5.92 Å². The Morgan fingerprint density at radius 1 is 1.36 bits per heavy atom. The zero-order valence-corrected chi connectivity index (χ0v) is 8.84. The SMILES string of the molecule is CC1CCC(OC(=O)I)CC1. The Labute approximate surface area is 80.8 Å². The van der Waals surface area contributed by atoms with Gasteiger partial charge in [0, 0.05) is 0 Å². The molecular formula is C8H13IO2. The molecule has 0 aromatic heterocycles. The van der Waals surface area contributed by atoms with Gasteiger partial charge in [-0.25, -0.2) is 4.79 Å². The van der Waals surface area contributed by atoms with Crippen molar-refractivity contribution in [3.8, 4) is 0 Å². The normalized spacial score (nSPS) is 31.5. The molecule has 64 valence electrons. The molecule has 0 unspecified atom stereocenters. The molecule has 0 amide bonds. The number of rotatable bonds is 1. The second kappa shape index (κ2) is 4.28. The maximum absolute atomic E-state index is 10.6. The third kappa shape index (κ3) is 3.40. The van der Waals surface area contributed by atoms with Crippen LogP contribution in [0, 0.1) is 5.92 Å². The molecular weight excluding hydrogens is 255 g/mol. The smallest absolute Gasteiger partial charge is 0.367 e. The molecule has 0 aliphatic heterocycles. The molecule has 1 fully saturated rings. The van der Waals surface area contributed by atoms with Crippen LogP contribution in [0.2, 0.25) is 0 Å². The highest BCUT2D eigenvalue weighted by Gasteiger charge is 2.20. The summed E-state index contributed by atoms with van der Waals surface area (Å²) in [4.78, 5) is 10.6. The monoisotopic (exact) mass is 268 g/mol. The Morgan fingerprint density at radius 3 is 2.36 bits per heavy atom. The van der Waals surface area contributed by atoms with E-state index in [9.17, 15) is 4.79 Å². The van der Waals surface area contributed by atoms with Gasteiger partial charge in [-0.2, -0.15) is 0 Å². The van der Waals surface area contributed by atoms with E-state index in [4.69, 9.17) is 4.74 Å². The Bertz CT molecular complexity index is 139. The summed E-state index contributed by atoms with van der Waals surface area (Å²) in [5.74, 6) is 0.819. The molecule has 0 radical (unpaired) electrons. The summed E-state index contributed by atoms with van der Waals surface area (Å²) >= 11 is 1.69. The fourth-order valence-corrected chi connectivity index (χ4v) is 1.84. The summed E-state index contributed by atoms with van der Waals surface area (Å²) in [6.45, 7) is 2.25. The van der Waals surface area contributed by atoms with Crippen molar-refractivity contribution in [3.05, 3.63) is 0 Å². The molecule has 1 aliphatic carbocycles. The van der Waals surface area contributed by atoms with Crippen molar-refractivity contribution in [2.75, 3.05) is 0 Å². The first-order valence-electron chi connectivity index (χ1n) is 4.04. The number of ether oxygens (including phenoxy) is 1. The quantitative estimate of drug-likeness (QED) is 0.539. The van der Waals surface area contributed by atoms with Gasteiger partial charge in [0.25, 0.3) is 0 Å². The van der Waals surface area contributed by atoms with Crippen molar-refractivity contribution in [2.45, 2.75) is 38.7 Å². The Morgan fingerprint density at radius 2 is 1.91 bits per heavy atom. The highest BCUT2D eigenvalue weighted by molar-refractivity contribution is 14.1. The summed E-state index contributed by atoms with van der Waals surface area (Å²) in [7, 11) is 0. The van der Waals surface area contributed by atoms with Crippen LogP contribution in [-0.2, 0) is 4.74 Å². The van der Waals surface area contributed by atoms with Gasteiger partial charge in [-0.15, -0.1) is 0 Å². The third-order valence-electron chi connectivity index (χ3n) is 2.22. The Balaban J connectivity index is 2.22. The summed E-state index contributed by atoms with van der Waals surface area (Å²) in [5.41, 5.74) is 0. The van der Waals surface area contributed by atoms with Crippen LogP contribution in [0.1, 0.15) is 32.6 Å². The van der Waals surface area contributed by atoms with Gasteiger partial charge >= 0.3 is 3.98 Å². The van der Waals surface area contributed by atoms with E-state index < -0.39 is 0 Å². The minimum absolute atomic E-state index is 0.165. The van der Waals surface area contributed by atoms with Gasteiger partial charge < -0.3 is 4.74 Å². The molecule has 1 rings (SSSR count). The zero-order chi connectivity index (χ0) is 8.27. The van der Waals surface area contributed by atoms with Crippen LogP contribution in [0.25, 0.3) is 0 Å². The number of hydrogen-bond acceptors (Lipinski definition) is 2. The number of carbonyl (C=O) groups is 1. The molecule has 0 aromatic rings. The molecule has 0 bridgehead atoms.